The van der Waals surface area contributed by atoms with Crippen LogP contribution in [0.3, 0.4) is 0 Å². The molecule has 0 aromatic carbocycles. The van der Waals surface area contributed by atoms with Gasteiger partial charge in [-0.05, 0) is 19.3 Å². The maximum absolute atomic E-state index is 10.5. The van der Waals surface area contributed by atoms with Crippen molar-refractivity contribution in [2.24, 2.45) is 5.92 Å². The van der Waals surface area contributed by atoms with Gasteiger partial charge in [0.15, 0.2) is 0 Å². The summed E-state index contributed by atoms with van der Waals surface area (Å²) in [7, 11) is -8.59. The van der Waals surface area contributed by atoms with Gasteiger partial charge in [0.2, 0.25) is 0 Å². The third-order valence-corrected chi connectivity index (χ3v) is 3.43. The number of rotatable bonds is 6. The Kier molecular flexibility index (Phi) is 5.64. The third-order valence-electron chi connectivity index (χ3n) is 1.98. The van der Waals surface area contributed by atoms with E-state index in [0.717, 1.165) is 0 Å². The Hall–Kier alpha value is 0.260. The standard InChI is InChI=1S/C6H16O7P2/c1-5(3-4-14(7,8)9)6(2)13-15(10,11)12/h5-6H,3-4H2,1-2H3,(H2,7,8,9)(H2,10,11,12). The molecule has 9 heteroatoms. The summed E-state index contributed by atoms with van der Waals surface area (Å²) in [5.74, 6) is -0.342. The van der Waals surface area contributed by atoms with Crippen LogP contribution in [0.5, 0.6) is 0 Å². The molecule has 0 spiro atoms. The third kappa shape index (κ3) is 9.20. The Morgan fingerprint density at radius 1 is 1.13 bits per heavy atom. The van der Waals surface area contributed by atoms with Crippen molar-refractivity contribution in [1.29, 1.82) is 0 Å². The molecular formula is C6H16O7P2. The highest BCUT2D eigenvalue weighted by atomic mass is 31.2. The SMILES string of the molecule is CC(CCP(=O)(O)O)C(C)OP(=O)(O)O. The maximum atomic E-state index is 10.5. The van der Waals surface area contributed by atoms with Gasteiger partial charge in [0.05, 0.1) is 12.3 Å². The lowest BCUT2D eigenvalue weighted by Crippen LogP contribution is -2.18. The van der Waals surface area contributed by atoms with E-state index in [0.29, 0.717) is 0 Å². The molecule has 92 valence electrons. The number of hydrogen-bond acceptors (Lipinski definition) is 3. The summed E-state index contributed by atoms with van der Waals surface area (Å²) < 4.78 is 25.4. The summed E-state index contributed by atoms with van der Waals surface area (Å²) in [5, 5.41) is 0. The molecule has 0 aliphatic rings. The maximum Gasteiger partial charge on any atom is 0.469 e. The molecule has 0 aromatic heterocycles. The molecule has 0 amide bonds. The first kappa shape index (κ1) is 15.3. The Bertz CT molecular complexity index is 279. The molecular weight excluding hydrogens is 246 g/mol. The summed E-state index contributed by atoms with van der Waals surface area (Å²) in [6.45, 7) is 3.05. The first-order valence-electron chi connectivity index (χ1n) is 4.30. The molecule has 0 aliphatic heterocycles. The molecule has 2 unspecified atom stereocenters. The molecule has 0 aliphatic carbocycles. The van der Waals surface area contributed by atoms with E-state index < -0.39 is 21.5 Å². The predicted molar refractivity (Wildman–Crippen MR) is 53.3 cm³/mol. The fourth-order valence-corrected chi connectivity index (χ4v) is 2.31. The zero-order valence-electron chi connectivity index (χ0n) is 8.48. The lowest BCUT2D eigenvalue weighted by atomic mass is 10.0. The molecule has 0 saturated carbocycles. The zero-order valence-corrected chi connectivity index (χ0v) is 10.3. The van der Waals surface area contributed by atoms with Gasteiger partial charge < -0.3 is 19.6 Å². The van der Waals surface area contributed by atoms with E-state index in [-0.39, 0.29) is 18.5 Å². The van der Waals surface area contributed by atoms with E-state index in [1.54, 1.807) is 6.92 Å². The van der Waals surface area contributed by atoms with Crippen molar-refractivity contribution in [1.82, 2.24) is 0 Å². The van der Waals surface area contributed by atoms with Crippen LogP contribution >= 0.6 is 15.4 Å². The van der Waals surface area contributed by atoms with Crippen molar-refractivity contribution >= 4 is 15.4 Å². The van der Waals surface area contributed by atoms with Crippen LogP contribution < -0.4 is 0 Å². The number of phosphoric ester groups is 1. The Balaban J connectivity index is 4.06. The Morgan fingerprint density at radius 3 is 1.93 bits per heavy atom. The normalized spacial score (nSPS) is 17.5. The monoisotopic (exact) mass is 262 g/mol. The van der Waals surface area contributed by atoms with Gasteiger partial charge in [-0.3, -0.25) is 9.09 Å². The summed E-state index contributed by atoms with van der Waals surface area (Å²) in [6.07, 6.45) is -0.925. The lowest BCUT2D eigenvalue weighted by molar-refractivity contribution is 0.106. The van der Waals surface area contributed by atoms with E-state index in [9.17, 15) is 9.13 Å². The molecule has 0 rings (SSSR count). The van der Waals surface area contributed by atoms with Crippen molar-refractivity contribution < 1.29 is 33.2 Å². The highest BCUT2D eigenvalue weighted by Gasteiger charge is 2.25. The van der Waals surface area contributed by atoms with Gasteiger partial charge in [-0.25, -0.2) is 4.57 Å². The summed E-state index contributed by atoms with van der Waals surface area (Å²) >= 11 is 0. The molecule has 0 saturated heterocycles. The van der Waals surface area contributed by atoms with Crippen LogP contribution in [-0.2, 0) is 13.7 Å². The highest BCUT2D eigenvalue weighted by Crippen LogP contribution is 2.41. The molecule has 15 heavy (non-hydrogen) atoms. The lowest BCUT2D eigenvalue weighted by Gasteiger charge is -2.20. The largest absolute Gasteiger partial charge is 0.469 e. The van der Waals surface area contributed by atoms with E-state index in [4.69, 9.17) is 19.6 Å². The van der Waals surface area contributed by atoms with Gasteiger partial charge in [0.1, 0.15) is 0 Å². The fourth-order valence-electron chi connectivity index (χ4n) is 0.927. The molecule has 7 nitrogen and oxygen atoms in total. The van der Waals surface area contributed by atoms with Gasteiger partial charge in [-0.1, -0.05) is 6.92 Å². The van der Waals surface area contributed by atoms with Crippen LogP contribution in [0, 0.1) is 5.92 Å². The number of hydrogen-bond donors (Lipinski definition) is 4. The number of phosphoric acid groups is 1. The van der Waals surface area contributed by atoms with Crippen LogP contribution in [0.25, 0.3) is 0 Å². The van der Waals surface area contributed by atoms with E-state index in [1.807, 2.05) is 0 Å². The fraction of sp³-hybridized carbons (Fsp3) is 1.00. The molecule has 2 atom stereocenters. The van der Waals surface area contributed by atoms with Crippen molar-refractivity contribution in [3.05, 3.63) is 0 Å². The van der Waals surface area contributed by atoms with Crippen LogP contribution in [0.15, 0.2) is 0 Å². The zero-order chi connectivity index (χ0) is 12.3. The van der Waals surface area contributed by atoms with Crippen LogP contribution in [-0.4, -0.2) is 31.8 Å². The Morgan fingerprint density at radius 2 is 1.60 bits per heavy atom. The smallest absolute Gasteiger partial charge is 0.324 e. The van der Waals surface area contributed by atoms with Crippen LogP contribution in [0.2, 0.25) is 0 Å². The Labute approximate surface area is 87.9 Å². The average Bonchev–Trinajstić information content (AvgIpc) is 1.95. The van der Waals surface area contributed by atoms with Crippen molar-refractivity contribution in [2.45, 2.75) is 26.4 Å². The summed E-state index contributed by atoms with van der Waals surface area (Å²) in [4.78, 5) is 34.2. The van der Waals surface area contributed by atoms with E-state index >= 15 is 0 Å². The van der Waals surface area contributed by atoms with E-state index in [1.165, 1.54) is 6.92 Å². The van der Waals surface area contributed by atoms with Crippen molar-refractivity contribution in [3.8, 4) is 0 Å². The van der Waals surface area contributed by atoms with Gasteiger partial charge in [-0.2, -0.15) is 0 Å². The first-order chi connectivity index (χ1) is 6.51. The van der Waals surface area contributed by atoms with Gasteiger partial charge in [-0.15, -0.1) is 0 Å². The molecule has 0 bridgehead atoms. The topological polar surface area (TPSA) is 124 Å². The molecule has 0 heterocycles. The second-order valence-corrected chi connectivity index (χ2v) is 6.42. The van der Waals surface area contributed by atoms with Gasteiger partial charge >= 0.3 is 15.4 Å². The van der Waals surface area contributed by atoms with Crippen LogP contribution in [0.4, 0.5) is 0 Å². The van der Waals surface area contributed by atoms with Crippen LogP contribution in [0.1, 0.15) is 20.3 Å². The quantitative estimate of drug-likeness (QED) is 0.519. The second-order valence-electron chi connectivity index (χ2n) is 3.46. The van der Waals surface area contributed by atoms with Gasteiger partial charge in [0, 0.05) is 0 Å². The minimum atomic E-state index is -4.53. The molecule has 4 N–H and O–H groups in total. The van der Waals surface area contributed by atoms with E-state index in [2.05, 4.69) is 4.52 Å². The minimum absolute atomic E-state index is 0.144. The minimum Gasteiger partial charge on any atom is -0.324 e. The summed E-state index contributed by atoms with van der Waals surface area (Å²) in [5.41, 5.74) is 0. The van der Waals surface area contributed by atoms with Crippen molar-refractivity contribution in [2.75, 3.05) is 6.16 Å². The summed E-state index contributed by atoms with van der Waals surface area (Å²) in [6, 6.07) is 0. The molecule has 0 fully saturated rings. The highest BCUT2D eigenvalue weighted by molar-refractivity contribution is 7.51. The van der Waals surface area contributed by atoms with Crippen molar-refractivity contribution in [3.63, 3.8) is 0 Å². The molecule has 0 aromatic rings. The van der Waals surface area contributed by atoms with Gasteiger partial charge in [0.25, 0.3) is 0 Å². The predicted octanol–water partition coefficient (Wildman–Crippen LogP) is 0.688. The average molecular weight is 262 g/mol. The molecule has 0 radical (unpaired) electrons. The first-order valence-corrected chi connectivity index (χ1v) is 7.62. The second kappa shape index (κ2) is 5.55.